The maximum atomic E-state index is 8.73. The van der Waals surface area contributed by atoms with Crippen molar-refractivity contribution in [1.82, 2.24) is 9.88 Å². The van der Waals surface area contributed by atoms with Gasteiger partial charge < -0.3 is 5.73 Å². The van der Waals surface area contributed by atoms with E-state index in [1.54, 1.807) is 6.20 Å². The van der Waals surface area contributed by atoms with Crippen LogP contribution in [0.4, 0.5) is 0 Å². The van der Waals surface area contributed by atoms with E-state index in [9.17, 15) is 0 Å². The summed E-state index contributed by atoms with van der Waals surface area (Å²) in [6.07, 6.45) is 5.94. The Balaban J connectivity index is 1.98. The molecule has 1 aliphatic heterocycles. The minimum Gasteiger partial charge on any atom is -0.330 e. The average Bonchev–Trinajstić information content (AvgIpc) is 2.46. The van der Waals surface area contributed by atoms with Crippen molar-refractivity contribution in [3.05, 3.63) is 35.7 Å². The van der Waals surface area contributed by atoms with Gasteiger partial charge in [-0.2, -0.15) is 5.26 Å². The first-order chi connectivity index (χ1) is 8.83. The Labute approximate surface area is 108 Å². The van der Waals surface area contributed by atoms with Gasteiger partial charge in [-0.1, -0.05) is 6.08 Å². The first-order valence-corrected chi connectivity index (χ1v) is 6.31. The van der Waals surface area contributed by atoms with E-state index in [1.807, 2.05) is 12.1 Å². The lowest BCUT2D eigenvalue weighted by Gasteiger charge is -2.25. The van der Waals surface area contributed by atoms with Crippen LogP contribution in [0.2, 0.25) is 0 Å². The monoisotopic (exact) mass is 242 g/mol. The van der Waals surface area contributed by atoms with Crippen molar-refractivity contribution in [3.8, 4) is 6.07 Å². The highest BCUT2D eigenvalue weighted by Gasteiger charge is 2.12. The molecule has 2 rings (SSSR count). The van der Waals surface area contributed by atoms with E-state index >= 15 is 0 Å². The molecular formula is C14H18N4. The largest absolute Gasteiger partial charge is 0.330 e. The standard InChI is InChI=1S/C14H18N4/c15-6-1-7-18-8-4-13(5-9-18)14-3-2-12(10-16)11-17-14/h2-4,11H,1,5-9,15H2. The summed E-state index contributed by atoms with van der Waals surface area (Å²) < 4.78 is 0. The summed E-state index contributed by atoms with van der Waals surface area (Å²) in [5, 5.41) is 8.73. The van der Waals surface area contributed by atoms with Crippen LogP contribution in [0.3, 0.4) is 0 Å². The Morgan fingerprint density at radius 1 is 1.44 bits per heavy atom. The normalized spacial score (nSPS) is 16.1. The van der Waals surface area contributed by atoms with Gasteiger partial charge in [-0.05, 0) is 43.6 Å². The molecule has 0 saturated carbocycles. The molecule has 1 aliphatic rings. The fourth-order valence-corrected chi connectivity index (χ4v) is 2.11. The lowest BCUT2D eigenvalue weighted by atomic mass is 10.0. The van der Waals surface area contributed by atoms with Gasteiger partial charge in [-0.25, -0.2) is 0 Å². The summed E-state index contributed by atoms with van der Waals surface area (Å²) in [4.78, 5) is 6.73. The van der Waals surface area contributed by atoms with Crippen LogP contribution in [0.1, 0.15) is 24.1 Å². The Morgan fingerprint density at radius 2 is 2.33 bits per heavy atom. The van der Waals surface area contributed by atoms with Gasteiger partial charge in [0, 0.05) is 19.3 Å². The number of hydrogen-bond donors (Lipinski definition) is 1. The van der Waals surface area contributed by atoms with E-state index in [2.05, 4.69) is 22.0 Å². The zero-order chi connectivity index (χ0) is 12.8. The van der Waals surface area contributed by atoms with Crippen molar-refractivity contribution in [2.75, 3.05) is 26.2 Å². The molecule has 2 heterocycles. The molecule has 0 radical (unpaired) electrons. The van der Waals surface area contributed by atoms with Gasteiger partial charge >= 0.3 is 0 Å². The van der Waals surface area contributed by atoms with Crippen molar-refractivity contribution in [1.29, 1.82) is 5.26 Å². The summed E-state index contributed by atoms with van der Waals surface area (Å²) in [6.45, 7) is 3.86. The van der Waals surface area contributed by atoms with Crippen molar-refractivity contribution in [2.45, 2.75) is 12.8 Å². The second kappa shape index (κ2) is 6.29. The number of aromatic nitrogens is 1. The predicted octanol–water partition coefficient (Wildman–Crippen LogP) is 1.39. The maximum Gasteiger partial charge on any atom is 0.101 e. The quantitative estimate of drug-likeness (QED) is 0.866. The molecule has 94 valence electrons. The van der Waals surface area contributed by atoms with Gasteiger partial charge in [-0.3, -0.25) is 9.88 Å². The molecule has 0 fully saturated rings. The number of rotatable bonds is 4. The predicted molar refractivity (Wildman–Crippen MR) is 71.7 cm³/mol. The van der Waals surface area contributed by atoms with Crippen molar-refractivity contribution < 1.29 is 0 Å². The van der Waals surface area contributed by atoms with E-state index in [0.29, 0.717) is 5.56 Å². The highest BCUT2D eigenvalue weighted by atomic mass is 15.1. The van der Waals surface area contributed by atoms with Crippen LogP contribution >= 0.6 is 0 Å². The number of nitrogens with zero attached hydrogens (tertiary/aromatic N) is 3. The number of nitrogens with two attached hydrogens (primary N) is 1. The number of nitriles is 1. The van der Waals surface area contributed by atoms with Crippen LogP contribution in [-0.2, 0) is 0 Å². The van der Waals surface area contributed by atoms with Gasteiger partial charge in [-0.15, -0.1) is 0 Å². The summed E-state index contributed by atoms with van der Waals surface area (Å²) >= 11 is 0. The lowest BCUT2D eigenvalue weighted by Crippen LogP contribution is -2.30. The third-order valence-electron chi connectivity index (χ3n) is 3.19. The second-order valence-electron chi connectivity index (χ2n) is 4.47. The third kappa shape index (κ3) is 3.16. The van der Waals surface area contributed by atoms with Crippen LogP contribution in [0, 0.1) is 11.3 Å². The minimum absolute atomic E-state index is 0.611. The SMILES string of the molecule is N#Cc1ccc(C2=CCN(CCCN)CC2)nc1. The molecule has 4 heteroatoms. The minimum atomic E-state index is 0.611. The maximum absolute atomic E-state index is 8.73. The van der Waals surface area contributed by atoms with Crippen molar-refractivity contribution in [2.24, 2.45) is 5.73 Å². The van der Waals surface area contributed by atoms with Gasteiger partial charge in [0.1, 0.15) is 6.07 Å². The summed E-state index contributed by atoms with van der Waals surface area (Å²) in [7, 11) is 0. The Hall–Kier alpha value is -1.70. The van der Waals surface area contributed by atoms with Crippen molar-refractivity contribution >= 4 is 5.57 Å². The lowest BCUT2D eigenvalue weighted by molar-refractivity contribution is 0.299. The van der Waals surface area contributed by atoms with Crippen LogP contribution in [0.5, 0.6) is 0 Å². The molecule has 1 aromatic rings. The third-order valence-corrected chi connectivity index (χ3v) is 3.19. The summed E-state index contributed by atoms with van der Waals surface area (Å²) in [5.41, 5.74) is 8.40. The molecular weight excluding hydrogens is 224 g/mol. The molecule has 1 aromatic heterocycles. The van der Waals surface area contributed by atoms with Crippen LogP contribution < -0.4 is 5.73 Å². The number of hydrogen-bond acceptors (Lipinski definition) is 4. The van der Waals surface area contributed by atoms with E-state index in [4.69, 9.17) is 11.0 Å². The van der Waals surface area contributed by atoms with Gasteiger partial charge in [0.15, 0.2) is 0 Å². The van der Waals surface area contributed by atoms with E-state index in [-0.39, 0.29) is 0 Å². The molecule has 0 atom stereocenters. The molecule has 0 aromatic carbocycles. The molecule has 4 nitrogen and oxygen atoms in total. The summed E-state index contributed by atoms with van der Waals surface area (Å²) in [6, 6.07) is 5.84. The first kappa shape index (κ1) is 12.7. The molecule has 0 amide bonds. The molecule has 18 heavy (non-hydrogen) atoms. The van der Waals surface area contributed by atoms with E-state index in [0.717, 1.165) is 44.7 Å². The molecule has 0 unspecified atom stereocenters. The van der Waals surface area contributed by atoms with E-state index < -0.39 is 0 Å². The van der Waals surface area contributed by atoms with Gasteiger partial charge in [0.2, 0.25) is 0 Å². The van der Waals surface area contributed by atoms with Crippen LogP contribution in [0.15, 0.2) is 24.4 Å². The fraction of sp³-hybridized carbons (Fsp3) is 0.429. The average molecular weight is 242 g/mol. The molecule has 2 N–H and O–H groups in total. The smallest absolute Gasteiger partial charge is 0.101 e. The Bertz CT molecular complexity index is 456. The zero-order valence-corrected chi connectivity index (χ0v) is 10.5. The zero-order valence-electron chi connectivity index (χ0n) is 10.5. The highest BCUT2D eigenvalue weighted by molar-refractivity contribution is 5.63. The molecule has 0 aliphatic carbocycles. The Morgan fingerprint density at radius 3 is 2.89 bits per heavy atom. The molecule has 0 spiro atoms. The van der Waals surface area contributed by atoms with Crippen LogP contribution in [-0.4, -0.2) is 36.1 Å². The molecule has 0 saturated heterocycles. The number of pyridine rings is 1. The topological polar surface area (TPSA) is 65.9 Å². The van der Waals surface area contributed by atoms with E-state index in [1.165, 1.54) is 5.57 Å². The van der Waals surface area contributed by atoms with Crippen molar-refractivity contribution in [3.63, 3.8) is 0 Å². The first-order valence-electron chi connectivity index (χ1n) is 6.31. The highest BCUT2D eigenvalue weighted by Crippen LogP contribution is 2.20. The van der Waals surface area contributed by atoms with Gasteiger partial charge in [0.25, 0.3) is 0 Å². The van der Waals surface area contributed by atoms with Gasteiger partial charge in [0.05, 0.1) is 11.3 Å². The fourth-order valence-electron chi connectivity index (χ4n) is 2.11. The summed E-state index contributed by atoms with van der Waals surface area (Å²) in [5.74, 6) is 0. The molecule has 0 bridgehead atoms. The van der Waals surface area contributed by atoms with Crippen LogP contribution in [0.25, 0.3) is 5.57 Å². The second-order valence-corrected chi connectivity index (χ2v) is 4.47. The Kier molecular flexibility index (Phi) is 4.46.